The van der Waals surface area contributed by atoms with E-state index in [0.29, 0.717) is 31.1 Å². The van der Waals surface area contributed by atoms with Gasteiger partial charge in [-0.15, -0.1) is 0 Å². The first-order valence-electron chi connectivity index (χ1n) is 11.8. The van der Waals surface area contributed by atoms with E-state index in [1.54, 1.807) is 16.4 Å². The van der Waals surface area contributed by atoms with E-state index in [9.17, 15) is 13.2 Å². The zero-order valence-corrected chi connectivity index (χ0v) is 20.4. The van der Waals surface area contributed by atoms with Crippen LogP contribution in [0.3, 0.4) is 0 Å². The molecule has 0 atom stereocenters. The lowest BCUT2D eigenvalue weighted by molar-refractivity contribution is 0.0643. The molecule has 2 aliphatic rings. The molecule has 0 radical (unpaired) electrons. The molecule has 2 aromatic carbocycles. The van der Waals surface area contributed by atoms with Crippen molar-refractivity contribution in [2.45, 2.75) is 25.3 Å². The minimum absolute atomic E-state index is 0.104. The predicted octanol–water partition coefficient (Wildman–Crippen LogP) is 2.28. The normalized spacial score (nSPS) is 19.0. The van der Waals surface area contributed by atoms with Crippen LogP contribution in [0.25, 0.3) is 0 Å². The highest BCUT2D eigenvalue weighted by molar-refractivity contribution is 7.89. The summed E-state index contributed by atoms with van der Waals surface area (Å²) in [7, 11) is -3.44. The summed E-state index contributed by atoms with van der Waals surface area (Å²) in [5.74, 6) is 0.104. The van der Waals surface area contributed by atoms with Crippen LogP contribution in [0, 0.1) is 6.92 Å². The van der Waals surface area contributed by atoms with Crippen LogP contribution in [-0.4, -0.2) is 92.2 Å². The molecule has 33 heavy (non-hydrogen) atoms. The van der Waals surface area contributed by atoms with Gasteiger partial charge in [-0.1, -0.05) is 36.8 Å². The number of rotatable bonds is 6. The van der Waals surface area contributed by atoms with Gasteiger partial charge < -0.3 is 9.80 Å². The lowest BCUT2D eigenvalue weighted by atomic mass is 10.1. The number of hydrogen-bond donors (Lipinski definition) is 0. The van der Waals surface area contributed by atoms with Gasteiger partial charge in [-0.05, 0) is 43.3 Å². The molecule has 8 heteroatoms. The summed E-state index contributed by atoms with van der Waals surface area (Å²) in [6.07, 6.45) is 0. The summed E-state index contributed by atoms with van der Waals surface area (Å²) in [6.45, 7) is 11.7. The predicted molar refractivity (Wildman–Crippen MR) is 130 cm³/mol. The van der Waals surface area contributed by atoms with Crippen molar-refractivity contribution in [2.24, 2.45) is 0 Å². The maximum absolute atomic E-state index is 12.9. The molecule has 0 aromatic heterocycles. The summed E-state index contributed by atoms with van der Waals surface area (Å²) < 4.78 is 27.4. The van der Waals surface area contributed by atoms with E-state index in [1.807, 2.05) is 48.2 Å². The maximum atomic E-state index is 12.9. The van der Waals surface area contributed by atoms with Crippen LogP contribution < -0.4 is 0 Å². The summed E-state index contributed by atoms with van der Waals surface area (Å²) >= 11 is 0. The third-order valence-corrected chi connectivity index (χ3v) is 8.62. The van der Waals surface area contributed by atoms with Crippen molar-refractivity contribution in [3.05, 3.63) is 65.2 Å². The third-order valence-electron chi connectivity index (χ3n) is 6.70. The van der Waals surface area contributed by atoms with E-state index in [1.165, 1.54) is 0 Å². The summed E-state index contributed by atoms with van der Waals surface area (Å²) in [5, 5.41) is 0. The molecule has 7 nitrogen and oxygen atoms in total. The van der Waals surface area contributed by atoms with Crippen molar-refractivity contribution in [3.8, 4) is 0 Å². The van der Waals surface area contributed by atoms with Gasteiger partial charge in [-0.25, -0.2) is 8.42 Å². The molecule has 178 valence electrons. The molecular weight excluding hydrogens is 436 g/mol. The number of hydrogen-bond acceptors (Lipinski definition) is 5. The molecule has 0 unspecified atom stereocenters. The molecule has 2 aliphatic heterocycles. The van der Waals surface area contributed by atoms with Crippen LogP contribution in [0.2, 0.25) is 0 Å². The van der Waals surface area contributed by atoms with Crippen molar-refractivity contribution < 1.29 is 13.2 Å². The quantitative estimate of drug-likeness (QED) is 0.648. The van der Waals surface area contributed by atoms with Gasteiger partial charge in [-0.2, -0.15) is 4.31 Å². The topological polar surface area (TPSA) is 64.2 Å². The Morgan fingerprint density at radius 1 is 0.788 bits per heavy atom. The highest BCUT2D eigenvalue weighted by Crippen LogP contribution is 2.19. The van der Waals surface area contributed by atoms with Crippen LogP contribution in [0.15, 0.2) is 53.4 Å². The van der Waals surface area contributed by atoms with Crippen molar-refractivity contribution in [1.82, 2.24) is 19.0 Å². The van der Waals surface area contributed by atoms with E-state index in [-0.39, 0.29) is 5.91 Å². The Morgan fingerprint density at radius 2 is 1.36 bits per heavy atom. The third kappa shape index (κ3) is 5.63. The van der Waals surface area contributed by atoms with E-state index in [4.69, 9.17) is 0 Å². The minimum atomic E-state index is -3.44. The zero-order chi connectivity index (χ0) is 23.4. The van der Waals surface area contributed by atoms with Crippen LogP contribution >= 0.6 is 0 Å². The highest BCUT2D eigenvalue weighted by Gasteiger charge is 2.28. The van der Waals surface area contributed by atoms with Gasteiger partial charge in [0, 0.05) is 64.5 Å². The van der Waals surface area contributed by atoms with Gasteiger partial charge in [0.2, 0.25) is 10.0 Å². The van der Waals surface area contributed by atoms with Crippen LogP contribution in [0.4, 0.5) is 0 Å². The molecular formula is C25H34N4O3S. The molecule has 0 N–H and O–H groups in total. The van der Waals surface area contributed by atoms with Gasteiger partial charge in [0.25, 0.3) is 5.91 Å². The molecule has 0 aliphatic carbocycles. The first kappa shape index (κ1) is 23.9. The fourth-order valence-corrected chi connectivity index (χ4v) is 5.87. The molecule has 2 fully saturated rings. The van der Waals surface area contributed by atoms with Crippen LogP contribution in [-0.2, 0) is 16.6 Å². The van der Waals surface area contributed by atoms with Crippen molar-refractivity contribution >= 4 is 15.9 Å². The van der Waals surface area contributed by atoms with Crippen LogP contribution in [0.5, 0.6) is 0 Å². The Morgan fingerprint density at radius 3 is 1.94 bits per heavy atom. The number of carbonyl (C=O) groups is 1. The average Bonchev–Trinajstić information content (AvgIpc) is 2.85. The molecule has 4 rings (SSSR count). The Labute approximate surface area is 197 Å². The monoisotopic (exact) mass is 470 g/mol. The highest BCUT2D eigenvalue weighted by atomic mass is 32.2. The molecule has 0 saturated carbocycles. The van der Waals surface area contributed by atoms with E-state index < -0.39 is 10.0 Å². The second kappa shape index (κ2) is 10.3. The first-order valence-corrected chi connectivity index (χ1v) is 13.2. The summed E-state index contributed by atoms with van der Waals surface area (Å²) in [6, 6.07) is 14.9. The number of nitrogens with zero attached hydrogens (tertiary/aromatic N) is 4. The molecule has 1 amide bonds. The SMILES string of the molecule is CCN1CCN(C(=O)c2ccc(CN3CCN(S(=O)(=O)c4ccc(C)cc4)CC3)cc2)CC1. The van der Waals surface area contributed by atoms with Crippen molar-refractivity contribution in [2.75, 3.05) is 58.9 Å². The Kier molecular flexibility index (Phi) is 7.48. The zero-order valence-electron chi connectivity index (χ0n) is 19.6. The number of piperazine rings is 2. The minimum Gasteiger partial charge on any atom is -0.336 e. The fourth-order valence-electron chi connectivity index (χ4n) is 4.45. The lowest BCUT2D eigenvalue weighted by Crippen LogP contribution is -2.48. The molecule has 2 heterocycles. The van der Waals surface area contributed by atoms with E-state index in [2.05, 4.69) is 16.7 Å². The number of aryl methyl sites for hydroxylation is 1. The van der Waals surface area contributed by atoms with Crippen molar-refractivity contribution in [3.63, 3.8) is 0 Å². The number of sulfonamides is 1. The van der Waals surface area contributed by atoms with Gasteiger partial charge in [0.05, 0.1) is 4.90 Å². The van der Waals surface area contributed by atoms with Gasteiger partial charge >= 0.3 is 0 Å². The smallest absolute Gasteiger partial charge is 0.253 e. The van der Waals surface area contributed by atoms with Crippen molar-refractivity contribution in [1.29, 1.82) is 0 Å². The van der Waals surface area contributed by atoms with Gasteiger partial charge in [0.15, 0.2) is 0 Å². The fraction of sp³-hybridized carbons (Fsp3) is 0.480. The summed E-state index contributed by atoms with van der Waals surface area (Å²) in [5.41, 5.74) is 2.92. The Bertz CT molecular complexity index is 1040. The van der Waals surface area contributed by atoms with Gasteiger partial charge in [0.1, 0.15) is 0 Å². The number of amides is 1. The molecule has 2 aromatic rings. The second-order valence-corrected chi connectivity index (χ2v) is 10.9. The van der Waals surface area contributed by atoms with E-state index in [0.717, 1.165) is 56.0 Å². The Balaban J connectivity index is 1.29. The number of benzene rings is 2. The summed E-state index contributed by atoms with van der Waals surface area (Å²) in [4.78, 5) is 19.7. The molecule has 0 bridgehead atoms. The second-order valence-electron chi connectivity index (χ2n) is 8.92. The standard InChI is InChI=1S/C25H34N4O3S/c1-3-26-12-16-28(17-13-26)25(30)23-8-6-22(7-9-23)20-27-14-18-29(19-15-27)33(31,32)24-10-4-21(2)5-11-24/h4-11H,3,12-20H2,1-2H3. The lowest BCUT2D eigenvalue weighted by Gasteiger charge is -2.34. The van der Waals surface area contributed by atoms with Gasteiger partial charge in [-0.3, -0.25) is 9.69 Å². The van der Waals surface area contributed by atoms with Crippen LogP contribution in [0.1, 0.15) is 28.4 Å². The van der Waals surface area contributed by atoms with E-state index >= 15 is 0 Å². The Hall–Kier alpha value is -2.26. The largest absolute Gasteiger partial charge is 0.336 e. The first-order chi connectivity index (χ1) is 15.9. The average molecular weight is 471 g/mol. The maximum Gasteiger partial charge on any atom is 0.253 e. The molecule has 2 saturated heterocycles. The number of likely N-dealkylation sites (N-methyl/N-ethyl adjacent to an activating group) is 1. The number of carbonyl (C=O) groups excluding carboxylic acids is 1. The molecule has 0 spiro atoms.